The highest BCUT2D eigenvalue weighted by Gasteiger charge is 2.59. The second-order valence-electron chi connectivity index (χ2n) is 11.9. The topological polar surface area (TPSA) is 58.6 Å². The van der Waals surface area contributed by atoms with E-state index in [0.717, 1.165) is 57.2 Å². The van der Waals surface area contributed by atoms with Crippen molar-refractivity contribution in [3.63, 3.8) is 0 Å². The van der Waals surface area contributed by atoms with Gasteiger partial charge in [-0.15, -0.1) is 23.2 Å². The van der Waals surface area contributed by atoms with Gasteiger partial charge in [-0.25, -0.2) is 4.79 Å². The lowest BCUT2D eigenvalue weighted by Gasteiger charge is -2.56. The SMILES string of the molecule is C[C@]12CC[C@H]3[C@@H](CCC4=CC(=O)NCC[C@@]43C)[C@@H]1CC[C@@H]2OC(=O)c1ccccc1N(CCCl)CCCl. The number of carbonyl (C=O) groups excluding carboxylic acids is 2. The van der Waals surface area contributed by atoms with Crippen LogP contribution in [0.2, 0.25) is 0 Å². The average molecular weight is 548 g/mol. The Kier molecular flexibility index (Phi) is 7.85. The molecule has 5 nitrogen and oxygen atoms in total. The Hall–Kier alpha value is -1.72. The minimum atomic E-state index is -0.243. The molecule has 4 aliphatic rings. The zero-order chi connectivity index (χ0) is 26.2. The number of amides is 1. The Balaban J connectivity index is 1.35. The van der Waals surface area contributed by atoms with E-state index in [1.807, 2.05) is 30.3 Å². The molecule has 0 spiro atoms. The summed E-state index contributed by atoms with van der Waals surface area (Å²) in [6.45, 7) is 6.77. The number of benzene rings is 1. The van der Waals surface area contributed by atoms with Crippen LogP contribution in [0.1, 0.15) is 69.2 Å². The normalized spacial score (nSPS) is 34.8. The molecular weight excluding hydrogens is 507 g/mol. The third-order valence-electron chi connectivity index (χ3n) is 10.3. The number of hydrogen-bond acceptors (Lipinski definition) is 4. The van der Waals surface area contributed by atoms with E-state index in [1.54, 1.807) is 0 Å². The van der Waals surface area contributed by atoms with Crippen LogP contribution in [0.3, 0.4) is 0 Å². The van der Waals surface area contributed by atoms with Crippen LogP contribution in [-0.4, -0.2) is 49.4 Å². The van der Waals surface area contributed by atoms with E-state index in [1.165, 1.54) is 5.57 Å². The van der Waals surface area contributed by atoms with Gasteiger partial charge in [0, 0.05) is 42.9 Å². The highest BCUT2D eigenvalue weighted by Crippen LogP contribution is 2.65. The minimum Gasteiger partial charge on any atom is -0.458 e. The molecule has 1 aliphatic heterocycles. The van der Waals surface area contributed by atoms with E-state index in [-0.39, 0.29) is 28.8 Å². The zero-order valence-electron chi connectivity index (χ0n) is 22.1. The van der Waals surface area contributed by atoms with Crippen LogP contribution < -0.4 is 10.2 Å². The van der Waals surface area contributed by atoms with Crippen LogP contribution >= 0.6 is 23.2 Å². The van der Waals surface area contributed by atoms with Crippen molar-refractivity contribution in [2.45, 2.75) is 64.9 Å². The number of allylic oxidation sites excluding steroid dienone is 1. The summed E-state index contributed by atoms with van der Waals surface area (Å²) >= 11 is 12.1. The largest absolute Gasteiger partial charge is 0.458 e. The van der Waals surface area contributed by atoms with Gasteiger partial charge in [0.25, 0.3) is 0 Å². The predicted octanol–water partition coefficient (Wildman–Crippen LogP) is 6.18. The number of nitrogens with one attached hydrogen (secondary N) is 1. The van der Waals surface area contributed by atoms with E-state index < -0.39 is 0 Å². The van der Waals surface area contributed by atoms with Crippen molar-refractivity contribution in [3.05, 3.63) is 41.5 Å². The number of alkyl halides is 2. The fourth-order valence-electron chi connectivity index (χ4n) is 8.38. The number of nitrogens with zero attached hydrogens (tertiary/aromatic N) is 1. The lowest BCUT2D eigenvalue weighted by molar-refractivity contribution is -0.116. The molecule has 37 heavy (non-hydrogen) atoms. The molecule has 7 heteroatoms. The summed E-state index contributed by atoms with van der Waals surface area (Å²) in [5.74, 6) is 2.51. The molecule has 0 unspecified atom stereocenters. The molecule has 0 saturated heterocycles. The highest BCUT2D eigenvalue weighted by atomic mass is 35.5. The first-order chi connectivity index (χ1) is 17.8. The molecule has 1 N–H and O–H groups in total. The molecule has 6 atom stereocenters. The summed E-state index contributed by atoms with van der Waals surface area (Å²) < 4.78 is 6.36. The van der Waals surface area contributed by atoms with E-state index in [9.17, 15) is 9.59 Å². The van der Waals surface area contributed by atoms with Crippen molar-refractivity contribution in [3.8, 4) is 0 Å². The molecule has 1 amide bonds. The van der Waals surface area contributed by atoms with Crippen molar-refractivity contribution in [1.82, 2.24) is 5.32 Å². The van der Waals surface area contributed by atoms with Gasteiger partial charge >= 0.3 is 5.97 Å². The van der Waals surface area contributed by atoms with Gasteiger partial charge < -0.3 is 15.0 Å². The molecule has 3 fully saturated rings. The monoisotopic (exact) mass is 546 g/mol. The molecule has 1 aromatic carbocycles. The van der Waals surface area contributed by atoms with Crippen molar-refractivity contribution in [2.24, 2.45) is 28.6 Å². The van der Waals surface area contributed by atoms with E-state index in [2.05, 4.69) is 24.1 Å². The summed E-state index contributed by atoms with van der Waals surface area (Å²) in [5, 5.41) is 3.06. The van der Waals surface area contributed by atoms with Gasteiger partial charge in [-0.1, -0.05) is 31.6 Å². The fraction of sp³-hybridized carbons (Fsp3) is 0.667. The third-order valence-corrected chi connectivity index (χ3v) is 10.7. The molecule has 5 rings (SSSR count). The molecule has 0 radical (unpaired) electrons. The van der Waals surface area contributed by atoms with Crippen LogP contribution in [0.15, 0.2) is 35.9 Å². The molecule has 0 bridgehead atoms. The van der Waals surface area contributed by atoms with Gasteiger partial charge in [0.1, 0.15) is 6.10 Å². The summed E-state index contributed by atoms with van der Waals surface area (Å²) in [6, 6.07) is 7.65. The van der Waals surface area contributed by atoms with E-state index in [4.69, 9.17) is 27.9 Å². The van der Waals surface area contributed by atoms with E-state index >= 15 is 0 Å². The molecule has 202 valence electrons. The molecule has 1 aromatic rings. The fourth-order valence-corrected chi connectivity index (χ4v) is 8.79. The number of esters is 1. The summed E-state index contributed by atoms with van der Waals surface area (Å²) in [4.78, 5) is 27.9. The molecular formula is C30H40Cl2N2O3. The number of fused-ring (bicyclic) bond motifs is 5. The Morgan fingerprint density at radius 2 is 1.81 bits per heavy atom. The number of anilines is 1. The van der Waals surface area contributed by atoms with Crippen LogP contribution in [0.25, 0.3) is 0 Å². The predicted molar refractivity (Wildman–Crippen MR) is 149 cm³/mol. The van der Waals surface area contributed by atoms with E-state index in [0.29, 0.717) is 48.2 Å². The van der Waals surface area contributed by atoms with Crippen molar-refractivity contribution < 1.29 is 14.3 Å². The number of rotatable bonds is 7. The zero-order valence-corrected chi connectivity index (χ0v) is 23.6. The summed E-state index contributed by atoms with van der Waals surface area (Å²) in [6.07, 6.45) is 9.20. The van der Waals surface area contributed by atoms with Crippen molar-refractivity contribution in [1.29, 1.82) is 0 Å². The Morgan fingerprint density at radius 3 is 2.57 bits per heavy atom. The van der Waals surface area contributed by atoms with Gasteiger partial charge in [-0.2, -0.15) is 0 Å². The molecule has 0 aromatic heterocycles. The van der Waals surface area contributed by atoms with Crippen LogP contribution in [-0.2, 0) is 9.53 Å². The molecule has 3 saturated carbocycles. The van der Waals surface area contributed by atoms with Gasteiger partial charge in [-0.05, 0) is 80.2 Å². The molecule has 1 heterocycles. The van der Waals surface area contributed by atoms with Crippen molar-refractivity contribution in [2.75, 3.05) is 36.3 Å². The maximum Gasteiger partial charge on any atom is 0.340 e. The number of para-hydroxylation sites is 1. The van der Waals surface area contributed by atoms with Gasteiger partial charge in [-0.3, -0.25) is 4.79 Å². The standard InChI is InChI=1S/C30H40Cl2N2O3/c1-29-13-16-33-27(35)19-20(29)7-8-21-23-9-10-26(30(23,2)12-11-24(21)29)37-28(36)22-5-3-4-6-25(22)34(17-14-31)18-15-32/h3-6,19,21,23-24,26H,7-18H2,1-2H3,(H,33,35)/t21-,23-,24-,26-,29-,30-/m0/s1. The van der Waals surface area contributed by atoms with Gasteiger partial charge in [0.05, 0.1) is 11.3 Å². The highest BCUT2D eigenvalue weighted by molar-refractivity contribution is 6.18. The first-order valence-electron chi connectivity index (χ1n) is 14.0. The number of hydrogen-bond donors (Lipinski definition) is 1. The second kappa shape index (κ2) is 10.8. The lowest BCUT2D eigenvalue weighted by atomic mass is 9.48. The first kappa shape index (κ1) is 26.9. The minimum absolute atomic E-state index is 0.00584. The summed E-state index contributed by atoms with van der Waals surface area (Å²) in [5.41, 5.74) is 2.87. The number of carbonyl (C=O) groups is 2. The number of halogens is 2. The maximum absolute atomic E-state index is 13.6. The smallest absolute Gasteiger partial charge is 0.340 e. The van der Waals surface area contributed by atoms with Crippen LogP contribution in [0.5, 0.6) is 0 Å². The Morgan fingerprint density at radius 1 is 1.05 bits per heavy atom. The Bertz CT molecular complexity index is 1060. The second-order valence-corrected chi connectivity index (χ2v) is 12.7. The van der Waals surface area contributed by atoms with Crippen LogP contribution in [0.4, 0.5) is 5.69 Å². The van der Waals surface area contributed by atoms with Gasteiger partial charge in [0.2, 0.25) is 5.91 Å². The Labute approximate surface area is 231 Å². The molecule has 3 aliphatic carbocycles. The van der Waals surface area contributed by atoms with Crippen molar-refractivity contribution >= 4 is 40.8 Å². The first-order valence-corrected chi connectivity index (χ1v) is 15.0. The lowest BCUT2D eigenvalue weighted by Crippen LogP contribution is -2.51. The van der Waals surface area contributed by atoms with Crippen LogP contribution in [0, 0.1) is 28.6 Å². The number of ether oxygens (including phenoxy) is 1. The quantitative estimate of drug-likeness (QED) is 0.327. The summed E-state index contributed by atoms with van der Waals surface area (Å²) in [7, 11) is 0. The average Bonchev–Trinajstić information content (AvgIpc) is 3.12. The third kappa shape index (κ3) is 4.80. The van der Waals surface area contributed by atoms with Gasteiger partial charge in [0.15, 0.2) is 0 Å². The maximum atomic E-state index is 13.6.